The highest BCUT2D eigenvalue weighted by atomic mass is 16.2. The molecular formula is C15H16N2O. The Bertz CT molecular complexity index is 568. The Labute approximate surface area is 107 Å². The minimum atomic E-state index is -0.467. The van der Waals surface area contributed by atoms with Crippen LogP contribution >= 0.6 is 0 Å². The fourth-order valence-corrected chi connectivity index (χ4v) is 2.08. The summed E-state index contributed by atoms with van der Waals surface area (Å²) in [5, 5.41) is 0. The zero-order valence-corrected chi connectivity index (χ0v) is 10.6. The van der Waals surface area contributed by atoms with E-state index in [1.165, 1.54) is 0 Å². The average molecular weight is 240 g/mol. The zero-order chi connectivity index (χ0) is 13.1. The van der Waals surface area contributed by atoms with E-state index in [1.807, 2.05) is 62.4 Å². The summed E-state index contributed by atoms with van der Waals surface area (Å²) in [4.78, 5) is 13.2. The minimum Gasteiger partial charge on any atom is -0.351 e. The van der Waals surface area contributed by atoms with E-state index >= 15 is 0 Å². The zero-order valence-electron chi connectivity index (χ0n) is 10.6. The molecule has 18 heavy (non-hydrogen) atoms. The Hall–Kier alpha value is -2.29. The van der Waals surface area contributed by atoms with E-state index in [-0.39, 0.29) is 0 Å². The number of nitrogens with zero attached hydrogens (tertiary/aromatic N) is 1. The van der Waals surface area contributed by atoms with Crippen LogP contribution in [0.15, 0.2) is 53.8 Å². The average Bonchev–Trinajstić information content (AvgIpc) is 2.48. The quantitative estimate of drug-likeness (QED) is 0.803. The second kappa shape index (κ2) is 4.92. The Balaban J connectivity index is 2.66. The lowest BCUT2D eigenvalue weighted by Crippen LogP contribution is -2.34. The predicted octanol–water partition coefficient (Wildman–Crippen LogP) is 3.45. The molecule has 0 bridgehead atoms. The van der Waals surface area contributed by atoms with Gasteiger partial charge in [0.25, 0.3) is 0 Å². The molecule has 0 saturated carbocycles. The number of carbonyl (C=O) groups is 1. The summed E-state index contributed by atoms with van der Waals surface area (Å²) in [7, 11) is 0. The van der Waals surface area contributed by atoms with Gasteiger partial charge in [0.1, 0.15) is 0 Å². The molecule has 0 saturated heterocycles. The van der Waals surface area contributed by atoms with Gasteiger partial charge in [0.05, 0.1) is 5.69 Å². The second-order valence-electron chi connectivity index (χ2n) is 4.11. The molecule has 2 amide bonds. The van der Waals surface area contributed by atoms with E-state index in [2.05, 4.69) is 0 Å². The third kappa shape index (κ3) is 2.07. The fourth-order valence-electron chi connectivity index (χ4n) is 2.08. The summed E-state index contributed by atoms with van der Waals surface area (Å²) < 4.78 is 0. The monoisotopic (exact) mass is 240 g/mol. The number of benzene rings is 1. The van der Waals surface area contributed by atoms with Gasteiger partial charge in [-0.15, -0.1) is 0 Å². The van der Waals surface area contributed by atoms with Crippen LogP contribution in [0.2, 0.25) is 0 Å². The molecule has 3 heteroatoms. The van der Waals surface area contributed by atoms with E-state index in [0.717, 1.165) is 22.5 Å². The van der Waals surface area contributed by atoms with E-state index in [0.29, 0.717) is 0 Å². The number of para-hydroxylation sites is 1. The Kier molecular flexibility index (Phi) is 3.33. The number of carbonyl (C=O) groups excluding carboxylic acids is 1. The number of urea groups is 1. The lowest BCUT2D eigenvalue weighted by molar-refractivity contribution is 0.255. The van der Waals surface area contributed by atoms with Crippen molar-refractivity contribution in [3.05, 3.63) is 59.3 Å². The van der Waals surface area contributed by atoms with Crippen molar-refractivity contribution in [3.8, 4) is 0 Å². The topological polar surface area (TPSA) is 46.3 Å². The minimum absolute atomic E-state index is 0.467. The van der Waals surface area contributed by atoms with Crippen LogP contribution in [0.5, 0.6) is 0 Å². The summed E-state index contributed by atoms with van der Waals surface area (Å²) >= 11 is 0. The Morgan fingerprint density at radius 3 is 2.67 bits per heavy atom. The first kappa shape index (κ1) is 12.2. The first-order valence-electron chi connectivity index (χ1n) is 5.85. The van der Waals surface area contributed by atoms with Crippen molar-refractivity contribution in [2.45, 2.75) is 13.8 Å². The molecule has 1 heterocycles. The molecule has 0 aliphatic carbocycles. The molecule has 2 rings (SSSR count). The van der Waals surface area contributed by atoms with E-state index < -0.39 is 6.03 Å². The summed E-state index contributed by atoms with van der Waals surface area (Å²) in [5.74, 6) is 0. The van der Waals surface area contributed by atoms with Crippen LogP contribution in [0.4, 0.5) is 10.5 Å². The van der Waals surface area contributed by atoms with E-state index in [1.54, 1.807) is 4.90 Å². The molecule has 0 atom stereocenters. The highest BCUT2D eigenvalue weighted by Gasteiger charge is 2.20. The Morgan fingerprint density at radius 2 is 2.00 bits per heavy atom. The molecule has 1 aromatic rings. The first-order valence-corrected chi connectivity index (χ1v) is 5.85. The van der Waals surface area contributed by atoms with Crippen LogP contribution in [0, 0.1) is 0 Å². The van der Waals surface area contributed by atoms with Gasteiger partial charge < -0.3 is 5.73 Å². The van der Waals surface area contributed by atoms with Crippen molar-refractivity contribution < 1.29 is 4.79 Å². The molecule has 2 N–H and O–H groups in total. The van der Waals surface area contributed by atoms with Crippen molar-refractivity contribution in [1.82, 2.24) is 0 Å². The number of hydrogen-bond acceptors (Lipinski definition) is 1. The third-order valence-electron chi connectivity index (χ3n) is 2.94. The summed E-state index contributed by atoms with van der Waals surface area (Å²) in [6.45, 7) is 3.84. The molecule has 0 fully saturated rings. The number of nitrogens with two attached hydrogens (primary N) is 1. The number of primary amides is 1. The maximum absolute atomic E-state index is 11.7. The van der Waals surface area contributed by atoms with Gasteiger partial charge in [-0.1, -0.05) is 42.5 Å². The van der Waals surface area contributed by atoms with Gasteiger partial charge in [0, 0.05) is 5.70 Å². The number of fused-ring (bicyclic) bond motifs is 1. The number of allylic oxidation sites excluding steroid dienone is 5. The van der Waals surface area contributed by atoms with Gasteiger partial charge >= 0.3 is 6.03 Å². The van der Waals surface area contributed by atoms with Crippen molar-refractivity contribution in [2.24, 2.45) is 5.73 Å². The second-order valence-corrected chi connectivity index (χ2v) is 4.11. The highest BCUT2D eigenvalue weighted by molar-refractivity contribution is 5.97. The largest absolute Gasteiger partial charge is 0.351 e. The van der Waals surface area contributed by atoms with Crippen LogP contribution < -0.4 is 10.6 Å². The first-order chi connectivity index (χ1) is 8.65. The number of anilines is 1. The highest BCUT2D eigenvalue weighted by Crippen LogP contribution is 2.30. The summed E-state index contributed by atoms with van der Waals surface area (Å²) in [6, 6.07) is 7.24. The molecule has 0 unspecified atom stereocenters. The molecule has 0 spiro atoms. The number of amides is 2. The fraction of sp³-hybridized carbons (Fsp3) is 0.133. The molecule has 1 aliphatic rings. The molecule has 3 nitrogen and oxygen atoms in total. The van der Waals surface area contributed by atoms with Crippen LogP contribution in [0.25, 0.3) is 6.08 Å². The van der Waals surface area contributed by atoms with Crippen LogP contribution in [0.3, 0.4) is 0 Å². The standard InChI is InChI=1S/C15H16N2O/c1-3-6-12-9-10-13-7-4-5-8-14(13)17(11(12)2)15(16)18/h3-10H,1-2H3,(H2,16,18)/b6-3-. The number of hydrogen-bond donors (Lipinski definition) is 1. The van der Waals surface area contributed by atoms with Gasteiger partial charge in [0.2, 0.25) is 0 Å². The van der Waals surface area contributed by atoms with Crippen LogP contribution in [0.1, 0.15) is 19.4 Å². The number of rotatable bonds is 1. The maximum atomic E-state index is 11.7. The summed E-state index contributed by atoms with van der Waals surface area (Å²) in [6.07, 6.45) is 7.90. The van der Waals surface area contributed by atoms with Gasteiger partial charge in [-0.05, 0) is 31.1 Å². The molecule has 92 valence electrons. The smallest absolute Gasteiger partial charge is 0.323 e. The normalized spacial score (nSPS) is 14.9. The van der Waals surface area contributed by atoms with Gasteiger partial charge in [-0.2, -0.15) is 0 Å². The third-order valence-corrected chi connectivity index (χ3v) is 2.94. The van der Waals surface area contributed by atoms with Crippen LogP contribution in [-0.4, -0.2) is 6.03 Å². The van der Waals surface area contributed by atoms with Gasteiger partial charge in [-0.3, -0.25) is 4.90 Å². The van der Waals surface area contributed by atoms with Crippen LogP contribution in [-0.2, 0) is 0 Å². The van der Waals surface area contributed by atoms with Gasteiger partial charge in [0.15, 0.2) is 0 Å². The SMILES string of the molecule is C/C=C\C1=C(C)N(C(N)=O)c2ccccc2C=C1. The summed E-state index contributed by atoms with van der Waals surface area (Å²) in [5.41, 5.74) is 9.11. The molecule has 1 aliphatic heterocycles. The van der Waals surface area contributed by atoms with Crippen molar-refractivity contribution in [2.75, 3.05) is 4.90 Å². The van der Waals surface area contributed by atoms with Crippen molar-refractivity contribution in [1.29, 1.82) is 0 Å². The molecule has 0 radical (unpaired) electrons. The predicted molar refractivity (Wildman–Crippen MR) is 75.1 cm³/mol. The van der Waals surface area contributed by atoms with Crippen molar-refractivity contribution in [3.63, 3.8) is 0 Å². The molecule has 0 aromatic heterocycles. The van der Waals surface area contributed by atoms with Crippen molar-refractivity contribution >= 4 is 17.8 Å². The maximum Gasteiger partial charge on any atom is 0.323 e. The van der Waals surface area contributed by atoms with E-state index in [4.69, 9.17) is 5.73 Å². The van der Waals surface area contributed by atoms with E-state index in [9.17, 15) is 4.79 Å². The molecular weight excluding hydrogens is 224 g/mol. The lowest BCUT2D eigenvalue weighted by Gasteiger charge is -2.22. The van der Waals surface area contributed by atoms with Gasteiger partial charge in [-0.25, -0.2) is 4.79 Å². The Morgan fingerprint density at radius 1 is 1.28 bits per heavy atom. The lowest BCUT2D eigenvalue weighted by atomic mass is 10.1. The molecule has 1 aromatic carbocycles.